The molecule has 0 spiro atoms. The summed E-state index contributed by atoms with van der Waals surface area (Å²) in [6.07, 6.45) is 4.81. The monoisotopic (exact) mass is 358 g/mol. The van der Waals surface area contributed by atoms with Crippen molar-refractivity contribution in [3.8, 4) is 0 Å². The SMILES string of the molecule is C[C@H]1[C@H](NC(=O)c2cc3sc(N(C)C=O)cc3cn2)C2CCN1CC2. The maximum atomic E-state index is 12.7. The Bertz CT molecular complexity index is 811. The van der Waals surface area contributed by atoms with Crippen LogP contribution < -0.4 is 10.2 Å². The van der Waals surface area contributed by atoms with Gasteiger partial charge < -0.3 is 10.2 Å². The van der Waals surface area contributed by atoms with Crippen molar-refractivity contribution in [2.45, 2.75) is 31.8 Å². The van der Waals surface area contributed by atoms with Crippen molar-refractivity contribution in [1.29, 1.82) is 0 Å². The number of nitrogens with one attached hydrogen (secondary N) is 1. The van der Waals surface area contributed by atoms with Gasteiger partial charge in [0.2, 0.25) is 6.41 Å². The summed E-state index contributed by atoms with van der Waals surface area (Å²) in [5.41, 5.74) is 0.443. The number of anilines is 1. The van der Waals surface area contributed by atoms with E-state index in [1.54, 1.807) is 13.2 Å². The molecule has 0 unspecified atom stereocenters. The smallest absolute Gasteiger partial charge is 0.270 e. The summed E-state index contributed by atoms with van der Waals surface area (Å²) in [7, 11) is 1.72. The largest absolute Gasteiger partial charge is 0.346 e. The van der Waals surface area contributed by atoms with Gasteiger partial charge in [-0.15, -0.1) is 11.3 Å². The Morgan fingerprint density at radius 1 is 1.40 bits per heavy atom. The highest BCUT2D eigenvalue weighted by molar-refractivity contribution is 7.23. The van der Waals surface area contributed by atoms with Crippen LogP contribution in [0.4, 0.5) is 5.00 Å². The van der Waals surface area contributed by atoms with E-state index in [1.807, 2.05) is 12.1 Å². The van der Waals surface area contributed by atoms with E-state index in [-0.39, 0.29) is 11.9 Å². The van der Waals surface area contributed by atoms with Gasteiger partial charge in [0.15, 0.2) is 0 Å². The van der Waals surface area contributed by atoms with Crippen LogP contribution in [-0.4, -0.2) is 54.4 Å². The van der Waals surface area contributed by atoms with Gasteiger partial charge in [0.25, 0.3) is 5.91 Å². The molecule has 2 bridgehead atoms. The molecule has 132 valence electrons. The van der Waals surface area contributed by atoms with Gasteiger partial charge in [-0.1, -0.05) is 0 Å². The number of thiophene rings is 1. The van der Waals surface area contributed by atoms with Crippen molar-refractivity contribution in [3.05, 3.63) is 24.0 Å². The number of nitrogens with zero attached hydrogens (tertiary/aromatic N) is 3. The minimum Gasteiger partial charge on any atom is -0.346 e. The molecule has 0 saturated carbocycles. The molecule has 7 heteroatoms. The third-order valence-corrected chi connectivity index (χ3v) is 6.79. The molecule has 3 fully saturated rings. The highest BCUT2D eigenvalue weighted by atomic mass is 32.1. The Morgan fingerprint density at radius 3 is 2.84 bits per heavy atom. The topological polar surface area (TPSA) is 65.5 Å². The lowest BCUT2D eigenvalue weighted by Crippen LogP contribution is -2.62. The van der Waals surface area contributed by atoms with Gasteiger partial charge in [0.1, 0.15) is 5.69 Å². The van der Waals surface area contributed by atoms with Gasteiger partial charge in [-0.05, 0) is 50.9 Å². The van der Waals surface area contributed by atoms with Crippen LogP contribution in [0.2, 0.25) is 0 Å². The number of hydrogen-bond donors (Lipinski definition) is 1. The molecule has 6 nitrogen and oxygen atoms in total. The second kappa shape index (κ2) is 6.38. The summed E-state index contributed by atoms with van der Waals surface area (Å²) in [6, 6.07) is 4.32. The third kappa shape index (κ3) is 2.91. The maximum absolute atomic E-state index is 12.7. The molecule has 3 aliphatic heterocycles. The molecular formula is C18H22N4O2S. The van der Waals surface area contributed by atoms with Gasteiger partial charge in [0, 0.05) is 35.4 Å². The zero-order valence-electron chi connectivity index (χ0n) is 14.4. The van der Waals surface area contributed by atoms with E-state index < -0.39 is 0 Å². The average Bonchev–Trinajstić information content (AvgIpc) is 3.07. The first-order valence-electron chi connectivity index (χ1n) is 8.69. The summed E-state index contributed by atoms with van der Waals surface area (Å²) >= 11 is 1.49. The summed E-state index contributed by atoms with van der Waals surface area (Å²) in [5.74, 6) is 0.466. The number of pyridine rings is 1. The van der Waals surface area contributed by atoms with Crippen molar-refractivity contribution in [2.75, 3.05) is 25.0 Å². The lowest BCUT2D eigenvalue weighted by atomic mass is 9.79. The van der Waals surface area contributed by atoms with E-state index in [9.17, 15) is 9.59 Å². The first-order valence-corrected chi connectivity index (χ1v) is 9.51. The number of piperidine rings is 3. The van der Waals surface area contributed by atoms with Crippen LogP contribution in [0.3, 0.4) is 0 Å². The summed E-state index contributed by atoms with van der Waals surface area (Å²) in [5, 5.41) is 5.01. The number of amides is 2. The van der Waals surface area contributed by atoms with Crippen LogP contribution in [0.5, 0.6) is 0 Å². The molecule has 3 saturated heterocycles. The quantitative estimate of drug-likeness (QED) is 0.850. The molecule has 5 heterocycles. The van der Waals surface area contributed by atoms with Crippen LogP contribution in [0.1, 0.15) is 30.3 Å². The van der Waals surface area contributed by atoms with E-state index in [4.69, 9.17) is 0 Å². The van der Waals surface area contributed by atoms with E-state index in [2.05, 4.69) is 22.1 Å². The van der Waals surface area contributed by atoms with Crippen molar-refractivity contribution >= 4 is 38.7 Å². The number of hydrogen-bond acceptors (Lipinski definition) is 5. The van der Waals surface area contributed by atoms with Gasteiger partial charge in [0.05, 0.1) is 5.00 Å². The van der Waals surface area contributed by atoms with Crippen molar-refractivity contribution in [1.82, 2.24) is 15.2 Å². The van der Waals surface area contributed by atoms with Crippen LogP contribution >= 0.6 is 11.3 Å². The van der Waals surface area contributed by atoms with Gasteiger partial charge in [-0.25, -0.2) is 0 Å². The first kappa shape index (κ1) is 16.5. The molecule has 5 rings (SSSR count). The van der Waals surface area contributed by atoms with Crippen LogP contribution in [-0.2, 0) is 4.79 Å². The molecule has 1 N–H and O–H groups in total. The van der Waals surface area contributed by atoms with E-state index in [0.717, 1.165) is 47.4 Å². The van der Waals surface area contributed by atoms with E-state index in [0.29, 0.717) is 17.7 Å². The third-order valence-electron chi connectivity index (χ3n) is 5.60. The Balaban J connectivity index is 1.54. The maximum Gasteiger partial charge on any atom is 0.270 e. The second-order valence-corrected chi connectivity index (χ2v) is 8.08. The molecule has 0 radical (unpaired) electrons. The standard InChI is InChI=1S/C18H22N4O2S/c1-11-17(12-3-5-22(11)6-4-12)20-18(24)14-8-15-13(9-19-14)7-16(25-15)21(2)10-23/h7-12,17H,3-6H2,1-2H3,(H,20,24)/t11-,17-/m0/s1. The second-order valence-electron chi connectivity index (χ2n) is 7.02. The molecule has 2 aromatic heterocycles. The Hall–Kier alpha value is -1.99. The average molecular weight is 358 g/mol. The van der Waals surface area contributed by atoms with Gasteiger partial charge in [-0.3, -0.25) is 19.5 Å². The number of carbonyl (C=O) groups excluding carboxylic acids is 2. The number of fused-ring (bicyclic) bond motifs is 4. The fourth-order valence-corrected chi connectivity index (χ4v) is 5.04. The summed E-state index contributed by atoms with van der Waals surface area (Å²) < 4.78 is 0.964. The van der Waals surface area contributed by atoms with Crippen molar-refractivity contribution in [2.24, 2.45) is 5.92 Å². The number of carbonyl (C=O) groups is 2. The molecule has 0 aromatic carbocycles. The molecule has 2 atom stereocenters. The zero-order valence-corrected chi connectivity index (χ0v) is 15.3. The van der Waals surface area contributed by atoms with E-state index in [1.165, 1.54) is 16.2 Å². The van der Waals surface area contributed by atoms with Crippen LogP contribution in [0, 0.1) is 5.92 Å². The Kier molecular flexibility index (Phi) is 4.21. The van der Waals surface area contributed by atoms with Crippen LogP contribution in [0.15, 0.2) is 18.3 Å². The number of rotatable bonds is 4. The molecule has 3 aliphatic rings. The Labute approximate surface area is 150 Å². The normalized spacial score (nSPS) is 28.1. The predicted molar refractivity (Wildman–Crippen MR) is 99.1 cm³/mol. The fraction of sp³-hybridized carbons (Fsp3) is 0.500. The predicted octanol–water partition coefficient (Wildman–Crippen LogP) is 2.10. The molecule has 2 amide bonds. The molecular weight excluding hydrogens is 336 g/mol. The molecule has 25 heavy (non-hydrogen) atoms. The first-order chi connectivity index (χ1) is 12.1. The van der Waals surface area contributed by atoms with Crippen LogP contribution in [0.25, 0.3) is 10.1 Å². The molecule has 2 aromatic rings. The summed E-state index contributed by atoms with van der Waals surface area (Å²) in [4.78, 5) is 32.0. The fourth-order valence-electron chi connectivity index (χ4n) is 4.04. The van der Waals surface area contributed by atoms with Crippen molar-refractivity contribution in [3.63, 3.8) is 0 Å². The van der Waals surface area contributed by atoms with Gasteiger partial charge >= 0.3 is 0 Å². The minimum absolute atomic E-state index is 0.105. The summed E-state index contributed by atoms with van der Waals surface area (Å²) in [6.45, 7) is 4.49. The Morgan fingerprint density at radius 2 is 2.16 bits per heavy atom. The molecule has 0 aliphatic carbocycles. The lowest BCUT2D eigenvalue weighted by Gasteiger charge is -2.49. The zero-order chi connectivity index (χ0) is 17.6. The lowest BCUT2D eigenvalue weighted by molar-refractivity contribution is -0.107. The highest BCUT2D eigenvalue weighted by Crippen LogP contribution is 2.33. The number of aromatic nitrogens is 1. The highest BCUT2D eigenvalue weighted by Gasteiger charge is 2.40. The van der Waals surface area contributed by atoms with Crippen molar-refractivity contribution < 1.29 is 9.59 Å². The minimum atomic E-state index is -0.105. The van der Waals surface area contributed by atoms with Gasteiger partial charge in [-0.2, -0.15) is 0 Å². The van der Waals surface area contributed by atoms with E-state index >= 15 is 0 Å².